The fraction of sp³-hybridized carbons (Fsp3) is 0.647. The Hall–Kier alpha value is -1.02. The number of hydrogen-bond donors (Lipinski definition) is 2. The molecule has 4 atom stereocenters. The molecule has 19 heavy (non-hydrogen) atoms. The summed E-state index contributed by atoms with van der Waals surface area (Å²) in [6, 6.07) is 6.75. The predicted octanol–water partition coefficient (Wildman–Crippen LogP) is 4.18. The Morgan fingerprint density at radius 1 is 1.37 bits per heavy atom. The first-order valence-electron chi connectivity index (χ1n) is 7.58. The van der Waals surface area contributed by atoms with Crippen LogP contribution in [0.3, 0.4) is 0 Å². The Labute approximate surface area is 117 Å². The van der Waals surface area contributed by atoms with Gasteiger partial charge in [0.05, 0.1) is 0 Å². The molecular weight excluding hydrogens is 234 g/mol. The van der Waals surface area contributed by atoms with Gasteiger partial charge in [-0.15, -0.1) is 0 Å². The van der Waals surface area contributed by atoms with Gasteiger partial charge < -0.3 is 10.4 Å². The lowest BCUT2D eigenvalue weighted by atomic mass is 9.93. The maximum Gasteiger partial charge on any atom is 0.120 e. The van der Waals surface area contributed by atoms with Crippen LogP contribution < -0.4 is 5.32 Å². The SMILES string of the molecule is CCC1CCC(NC(C)c2ccc(C)cc2O)C1C. The zero-order valence-corrected chi connectivity index (χ0v) is 12.6. The summed E-state index contributed by atoms with van der Waals surface area (Å²) in [7, 11) is 0. The number of hydrogen-bond acceptors (Lipinski definition) is 2. The molecule has 106 valence electrons. The molecule has 0 radical (unpaired) electrons. The first-order chi connectivity index (χ1) is 9.02. The van der Waals surface area contributed by atoms with Crippen molar-refractivity contribution in [1.29, 1.82) is 0 Å². The van der Waals surface area contributed by atoms with Crippen LogP contribution in [0, 0.1) is 18.8 Å². The van der Waals surface area contributed by atoms with E-state index in [2.05, 4.69) is 32.2 Å². The minimum absolute atomic E-state index is 0.212. The Balaban J connectivity index is 2.03. The van der Waals surface area contributed by atoms with Crippen molar-refractivity contribution in [3.8, 4) is 5.75 Å². The number of aryl methyl sites for hydroxylation is 1. The van der Waals surface area contributed by atoms with E-state index in [-0.39, 0.29) is 6.04 Å². The molecule has 0 aliphatic heterocycles. The zero-order chi connectivity index (χ0) is 14.0. The van der Waals surface area contributed by atoms with Gasteiger partial charge in [-0.05, 0) is 50.2 Å². The highest BCUT2D eigenvalue weighted by Crippen LogP contribution is 2.35. The van der Waals surface area contributed by atoms with Crippen molar-refractivity contribution in [3.63, 3.8) is 0 Å². The smallest absolute Gasteiger partial charge is 0.120 e. The summed E-state index contributed by atoms with van der Waals surface area (Å²) >= 11 is 0. The van der Waals surface area contributed by atoms with Crippen LogP contribution in [-0.4, -0.2) is 11.1 Å². The third-order valence-corrected chi connectivity index (χ3v) is 4.87. The highest BCUT2D eigenvalue weighted by Gasteiger charge is 2.32. The lowest BCUT2D eigenvalue weighted by Crippen LogP contribution is -2.34. The largest absolute Gasteiger partial charge is 0.508 e. The van der Waals surface area contributed by atoms with E-state index < -0.39 is 0 Å². The van der Waals surface area contributed by atoms with E-state index in [9.17, 15) is 5.11 Å². The second-order valence-electron chi connectivity index (χ2n) is 6.16. The Morgan fingerprint density at radius 3 is 2.68 bits per heavy atom. The van der Waals surface area contributed by atoms with Gasteiger partial charge in [0.15, 0.2) is 0 Å². The molecule has 1 aromatic rings. The standard InChI is InChI=1S/C17H27NO/c1-5-14-7-9-16(12(14)3)18-13(4)15-8-6-11(2)10-17(15)19/h6,8,10,12-14,16,18-19H,5,7,9H2,1-4H3. The van der Waals surface area contributed by atoms with E-state index >= 15 is 0 Å². The third kappa shape index (κ3) is 3.11. The minimum Gasteiger partial charge on any atom is -0.508 e. The van der Waals surface area contributed by atoms with Crippen molar-refractivity contribution in [3.05, 3.63) is 29.3 Å². The van der Waals surface area contributed by atoms with Crippen LogP contribution in [0.2, 0.25) is 0 Å². The summed E-state index contributed by atoms with van der Waals surface area (Å²) in [4.78, 5) is 0. The highest BCUT2D eigenvalue weighted by molar-refractivity contribution is 5.37. The monoisotopic (exact) mass is 261 g/mol. The summed E-state index contributed by atoms with van der Waals surface area (Å²) in [6.45, 7) is 8.81. The molecule has 1 aliphatic rings. The van der Waals surface area contributed by atoms with Gasteiger partial charge in [0, 0.05) is 17.6 Å². The average Bonchev–Trinajstić information content (AvgIpc) is 2.70. The summed E-state index contributed by atoms with van der Waals surface area (Å²) in [5.41, 5.74) is 2.12. The maximum absolute atomic E-state index is 10.1. The summed E-state index contributed by atoms with van der Waals surface area (Å²) in [6.07, 6.45) is 3.88. The quantitative estimate of drug-likeness (QED) is 0.852. The van der Waals surface area contributed by atoms with E-state index in [0.29, 0.717) is 11.8 Å². The summed E-state index contributed by atoms with van der Waals surface area (Å²) in [5.74, 6) is 2.01. The van der Waals surface area contributed by atoms with Crippen LogP contribution in [0.5, 0.6) is 5.75 Å². The van der Waals surface area contributed by atoms with Gasteiger partial charge >= 0.3 is 0 Å². The van der Waals surface area contributed by atoms with Crippen molar-refractivity contribution >= 4 is 0 Å². The molecule has 1 saturated carbocycles. The van der Waals surface area contributed by atoms with E-state index in [1.807, 2.05) is 19.1 Å². The molecule has 0 spiro atoms. The molecular formula is C17H27NO. The number of phenols is 1. The van der Waals surface area contributed by atoms with Gasteiger partial charge in [0.25, 0.3) is 0 Å². The van der Waals surface area contributed by atoms with Gasteiger partial charge in [-0.3, -0.25) is 0 Å². The van der Waals surface area contributed by atoms with Gasteiger partial charge in [0.2, 0.25) is 0 Å². The van der Waals surface area contributed by atoms with Gasteiger partial charge in [0.1, 0.15) is 5.75 Å². The molecule has 0 bridgehead atoms. The van der Waals surface area contributed by atoms with Crippen LogP contribution in [0.15, 0.2) is 18.2 Å². The van der Waals surface area contributed by atoms with Crippen molar-refractivity contribution in [2.45, 2.75) is 59.0 Å². The normalized spacial score (nSPS) is 28.5. The van der Waals surface area contributed by atoms with Crippen LogP contribution >= 0.6 is 0 Å². The summed E-state index contributed by atoms with van der Waals surface area (Å²) in [5, 5.41) is 13.8. The molecule has 2 nitrogen and oxygen atoms in total. The molecule has 2 heteroatoms. The second kappa shape index (κ2) is 5.96. The maximum atomic E-state index is 10.1. The molecule has 2 N–H and O–H groups in total. The molecule has 1 fully saturated rings. The second-order valence-corrected chi connectivity index (χ2v) is 6.16. The molecule has 2 rings (SSSR count). The minimum atomic E-state index is 0.212. The van der Waals surface area contributed by atoms with Crippen LogP contribution in [-0.2, 0) is 0 Å². The van der Waals surface area contributed by atoms with E-state index in [1.165, 1.54) is 19.3 Å². The molecule has 0 heterocycles. The Kier molecular flexibility index (Phi) is 4.51. The fourth-order valence-electron chi connectivity index (χ4n) is 3.49. The highest BCUT2D eigenvalue weighted by atomic mass is 16.3. The van der Waals surface area contributed by atoms with Crippen LogP contribution in [0.4, 0.5) is 0 Å². The van der Waals surface area contributed by atoms with Crippen molar-refractivity contribution in [2.75, 3.05) is 0 Å². The number of benzene rings is 1. The van der Waals surface area contributed by atoms with Crippen molar-refractivity contribution in [1.82, 2.24) is 5.32 Å². The number of rotatable bonds is 4. The van der Waals surface area contributed by atoms with E-state index in [0.717, 1.165) is 23.0 Å². The average molecular weight is 261 g/mol. The predicted molar refractivity (Wildman–Crippen MR) is 80.4 cm³/mol. The fourth-order valence-corrected chi connectivity index (χ4v) is 3.49. The number of aromatic hydroxyl groups is 1. The molecule has 0 aromatic heterocycles. The number of nitrogens with one attached hydrogen (secondary N) is 1. The van der Waals surface area contributed by atoms with Crippen molar-refractivity contribution < 1.29 is 5.11 Å². The van der Waals surface area contributed by atoms with E-state index in [4.69, 9.17) is 0 Å². The Bertz CT molecular complexity index is 429. The zero-order valence-electron chi connectivity index (χ0n) is 12.6. The first-order valence-corrected chi connectivity index (χ1v) is 7.58. The molecule has 0 saturated heterocycles. The summed E-state index contributed by atoms with van der Waals surface area (Å²) < 4.78 is 0. The number of phenolic OH excluding ortho intramolecular Hbond substituents is 1. The van der Waals surface area contributed by atoms with Gasteiger partial charge in [-0.25, -0.2) is 0 Å². The molecule has 4 unspecified atom stereocenters. The molecule has 0 amide bonds. The van der Waals surface area contributed by atoms with Gasteiger partial charge in [-0.1, -0.05) is 32.4 Å². The van der Waals surface area contributed by atoms with Crippen LogP contribution in [0.25, 0.3) is 0 Å². The lowest BCUT2D eigenvalue weighted by Gasteiger charge is -2.25. The van der Waals surface area contributed by atoms with Crippen LogP contribution in [0.1, 0.15) is 57.2 Å². The topological polar surface area (TPSA) is 32.3 Å². The van der Waals surface area contributed by atoms with Crippen molar-refractivity contribution in [2.24, 2.45) is 11.8 Å². The van der Waals surface area contributed by atoms with Gasteiger partial charge in [-0.2, -0.15) is 0 Å². The van der Waals surface area contributed by atoms with E-state index in [1.54, 1.807) is 0 Å². The first kappa shape index (κ1) is 14.4. The molecule has 1 aromatic carbocycles. The lowest BCUT2D eigenvalue weighted by molar-refractivity contribution is 0.324. The molecule has 1 aliphatic carbocycles. The Morgan fingerprint density at radius 2 is 2.11 bits per heavy atom. The third-order valence-electron chi connectivity index (χ3n) is 4.87.